The molecule has 0 aliphatic rings. The molecule has 0 saturated heterocycles. The number of carboxylic acid groups (broad SMARTS) is 3. The van der Waals surface area contributed by atoms with E-state index in [9.17, 15) is 23.1 Å². The van der Waals surface area contributed by atoms with Crippen LogP contribution < -0.4 is 71.9 Å². The Kier molecular flexibility index (Phi) is 36.0. The van der Waals surface area contributed by atoms with Gasteiger partial charge in [-0.3, -0.25) is 0 Å². The third-order valence-corrected chi connectivity index (χ3v) is 0.779. The van der Waals surface area contributed by atoms with Gasteiger partial charge in [0.25, 0.3) is 0 Å². The zero-order chi connectivity index (χ0) is 16.2. The van der Waals surface area contributed by atoms with Crippen LogP contribution in [0.5, 0.6) is 0 Å². The molecule has 0 spiro atoms. The fourth-order valence-corrected chi connectivity index (χ4v) is 0.244. The van der Waals surface area contributed by atoms with Crippen molar-refractivity contribution in [3.05, 3.63) is 0 Å². The average Bonchev–Trinajstić information content (AvgIpc) is 2.13. The van der Waals surface area contributed by atoms with Crippen molar-refractivity contribution in [2.45, 2.75) is 19.0 Å². The second-order valence-electron chi connectivity index (χ2n) is 2.41. The summed E-state index contributed by atoms with van der Waals surface area (Å²) in [5.41, 5.74) is 0. The molecule has 0 saturated carbocycles. The molecule has 0 aliphatic heterocycles. The topological polar surface area (TPSA) is 181 Å². The van der Waals surface area contributed by atoms with Gasteiger partial charge in [-0.15, -0.1) is 0 Å². The van der Waals surface area contributed by atoms with E-state index in [1.54, 1.807) is 0 Å². The zero-order valence-corrected chi connectivity index (χ0v) is 11.9. The standard InChI is InChI=1S/C4H5F3O2.C2H2O4.BH3O3.3Li/c5-4(6,7)2-1-3(8)9;3-1(4)2(5)6;2-1(3)4;;;/h1-2H2,(H,8,9);(H,3,4)(H,5,6);2-4H;;;/q;;;3*+1/p-3. The number of alkyl halides is 3. The Hall–Kier alpha value is -0.0629. The van der Waals surface area contributed by atoms with E-state index >= 15 is 0 Å². The summed E-state index contributed by atoms with van der Waals surface area (Å²) in [6.45, 7) is 0. The van der Waals surface area contributed by atoms with Crippen molar-refractivity contribution in [3.63, 3.8) is 0 Å². The molecule has 0 aliphatic carbocycles. The van der Waals surface area contributed by atoms with E-state index in [-0.39, 0.29) is 56.6 Å². The van der Waals surface area contributed by atoms with Gasteiger partial charge in [-0.25, -0.2) is 0 Å². The number of carbonyl (C=O) groups is 3. The van der Waals surface area contributed by atoms with Crippen LogP contribution in [-0.4, -0.2) is 46.5 Å². The first-order chi connectivity index (χ1) is 8.29. The molecule has 0 bridgehead atoms. The molecule has 0 aromatic carbocycles. The Bertz CT molecular complexity index is 288. The van der Waals surface area contributed by atoms with Gasteiger partial charge in [0, 0.05) is 12.4 Å². The first-order valence-electron chi connectivity index (χ1n) is 4.02. The number of rotatable bonds is 2. The average molecular weight is 312 g/mol. The Morgan fingerprint density at radius 2 is 1.09 bits per heavy atom. The van der Waals surface area contributed by atoms with Gasteiger partial charge < -0.3 is 44.8 Å². The van der Waals surface area contributed by atoms with Gasteiger partial charge in [-0.05, 0) is 6.42 Å². The zero-order valence-electron chi connectivity index (χ0n) is 11.9. The van der Waals surface area contributed by atoms with Crippen molar-refractivity contribution in [1.82, 2.24) is 0 Å². The molecule has 9 nitrogen and oxygen atoms in total. The van der Waals surface area contributed by atoms with E-state index in [1.807, 2.05) is 0 Å². The van der Waals surface area contributed by atoms with E-state index in [0.29, 0.717) is 0 Å². The van der Waals surface area contributed by atoms with Gasteiger partial charge in [-0.1, -0.05) is 0 Å². The van der Waals surface area contributed by atoms with Crippen LogP contribution in [0, 0.1) is 0 Å². The van der Waals surface area contributed by atoms with E-state index in [0.717, 1.165) is 0 Å². The summed E-state index contributed by atoms with van der Waals surface area (Å²) in [4.78, 5) is 27.3. The monoisotopic (exact) mass is 312 g/mol. The summed E-state index contributed by atoms with van der Waals surface area (Å²) >= 11 is 0. The summed E-state index contributed by atoms with van der Waals surface area (Å²) in [6.07, 6.45) is -6.65. The van der Waals surface area contributed by atoms with Crippen LogP contribution in [0.15, 0.2) is 0 Å². The molecule has 112 valence electrons. The molecular formula is C6H7BF3Li3O9. The van der Waals surface area contributed by atoms with Crippen LogP contribution in [0.1, 0.15) is 12.8 Å². The molecule has 0 radical (unpaired) electrons. The van der Waals surface area contributed by atoms with Crippen molar-refractivity contribution in [1.29, 1.82) is 0 Å². The molecule has 3 N–H and O–H groups in total. The third kappa shape index (κ3) is 72.4. The van der Waals surface area contributed by atoms with Crippen LogP contribution in [0.3, 0.4) is 0 Å². The molecule has 0 fully saturated rings. The molecule has 0 aromatic heterocycles. The summed E-state index contributed by atoms with van der Waals surface area (Å²) in [6, 6.07) is 0. The number of aliphatic carboxylic acids is 3. The largest absolute Gasteiger partial charge is 1.00 e. The smallest absolute Gasteiger partial charge is 0.550 e. The minimum Gasteiger partial charge on any atom is -0.550 e. The Balaban J connectivity index is -0.0000000438. The molecule has 22 heavy (non-hydrogen) atoms. The second kappa shape index (κ2) is 20.9. The van der Waals surface area contributed by atoms with Gasteiger partial charge >= 0.3 is 70.1 Å². The number of carboxylic acids is 3. The van der Waals surface area contributed by atoms with Crippen molar-refractivity contribution in [2.75, 3.05) is 0 Å². The van der Waals surface area contributed by atoms with Gasteiger partial charge in [0.15, 0.2) is 0 Å². The van der Waals surface area contributed by atoms with E-state index < -0.39 is 44.2 Å². The minimum atomic E-state index is -4.39. The summed E-state index contributed by atoms with van der Waals surface area (Å²) < 4.78 is 33.4. The molecule has 0 aromatic rings. The second-order valence-corrected chi connectivity index (χ2v) is 2.41. The Morgan fingerprint density at radius 3 is 1.14 bits per heavy atom. The van der Waals surface area contributed by atoms with Crippen LogP contribution >= 0.6 is 0 Å². The SMILES string of the molecule is O=C([O-])C(=O)[O-].O=C([O-])CCC(F)(F)F.OB(O)O.[Li+].[Li+].[Li+]. The number of hydrogen-bond donors (Lipinski definition) is 3. The van der Waals surface area contributed by atoms with E-state index in [4.69, 9.17) is 34.9 Å². The van der Waals surface area contributed by atoms with Crippen LogP contribution in [-0.2, 0) is 14.4 Å². The predicted molar refractivity (Wildman–Crippen MR) is 42.7 cm³/mol. The van der Waals surface area contributed by atoms with Gasteiger partial charge in [0.1, 0.15) is 0 Å². The van der Waals surface area contributed by atoms with Crippen LogP contribution in [0.25, 0.3) is 0 Å². The fourth-order valence-electron chi connectivity index (χ4n) is 0.244. The van der Waals surface area contributed by atoms with Crippen molar-refractivity contribution >= 4 is 25.2 Å². The molecule has 0 unspecified atom stereocenters. The number of hydrogen-bond acceptors (Lipinski definition) is 9. The minimum absolute atomic E-state index is 0. The van der Waals surface area contributed by atoms with Crippen LogP contribution in [0.4, 0.5) is 13.2 Å². The van der Waals surface area contributed by atoms with Crippen molar-refractivity contribution < 1.29 is 115 Å². The maximum absolute atomic E-state index is 11.1. The first kappa shape index (κ1) is 37.9. The van der Waals surface area contributed by atoms with Gasteiger partial charge in [0.05, 0.1) is 11.9 Å². The molecule has 0 heterocycles. The van der Waals surface area contributed by atoms with Crippen LogP contribution in [0.2, 0.25) is 0 Å². The molecule has 0 amide bonds. The molecular weight excluding hydrogens is 305 g/mol. The fraction of sp³-hybridized carbons (Fsp3) is 0.500. The first-order valence-corrected chi connectivity index (χ1v) is 4.02. The Morgan fingerprint density at radius 1 is 0.864 bits per heavy atom. The third-order valence-electron chi connectivity index (χ3n) is 0.779. The number of carbonyl (C=O) groups excluding carboxylic acids is 3. The van der Waals surface area contributed by atoms with E-state index in [2.05, 4.69) is 0 Å². The maximum Gasteiger partial charge on any atom is 1.00 e. The summed E-state index contributed by atoms with van der Waals surface area (Å²) in [5, 5.41) is 48.8. The van der Waals surface area contributed by atoms with Crippen molar-refractivity contribution in [2.24, 2.45) is 0 Å². The molecule has 0 rings (SSSR count). The molecule has 16 heteroatoms. The van der Waals surface area contributed by atoms with Gasteiger partial charge in [-0.2, -0.15) is 13.2 Å². The normalized spacial score (nSPS) is 7.91. The summed E-state index contributed by atoms with van der Waals surface area (Å²) in [5.74, 6) is -6.04. The number of halogens is 3. The Labute approximate surface area is 158 Å². The summed E-state index contributed by atoms with van der Waals surface area (Å²) in [7, 11) is -2.17. The molecule has 0 atom stereocenters. The quantitative estimate of drug-likeness (QED) is 0.329. The predicted octanol–water partition coefficient (Wildman–Crippen LogP) is -14.5. The van der Waals surface area contributed by atoms with Crippen molar-refractivity contribution in [3.8, 4) is 0 Å². The maximum atomic E-state index is 11.1. The van der Waals surface area contributed by atoms with E-state index in [1.165, 1.54) is 0 Å². The van der Waals surface area contributed by atoms with Gasteiger partial charge in [0.2, 0.25) is 0 Å².